The van der Waals surface area contributed by atoms with E-state index in [2.05, 4.69) is 5.32 Å². The number of amides is 1. The molecule has 0 heterocycles. The van der Waals surface area contributed by atoms with Crippen LogP contribution in [0.4, 0.5) is 0 Å². The summed E-state index contributed by atoms with van der Waals surface area (Å²) in [4.78, 5) is 24.8. The van der Waals surface area contributed by atoms with Crippen molar-refractivity contribution < 1.29 is 14.3 Å². The van der Waals surface area contributed by atoms with E-state index >= 15 is 0 Å². The predicted molar refractivity (Wildman–Crippen MR) is 111 cm³/mol. The molecule has 144 valence electrons. The van der Waals surface area contributed by atoms with Gasteiger partial charge in [0.1, 0.15) is 0 Å². The molecule has 0 aliphatic heterocycles. The molecule has 1 atom stereocenters. The highest BCUT2D eigenvalue weighted by molar-refractivity contribution is 5.88. The van der Waals surface area contributed by atoms with Crippen LogP contribution >= 0.6 is 0 Å². The second-order valence-corrected chi connectivity index (χ2v) is 7.42. The number of carbonyl (C=O) groups excluding carboxylic acids is 2. The Hall–Kier alpha value is -3.14. The second-order valence-electron chi connectivity index (χ2n) is 7.42. The van der Waals surface area contributed by atoms with Gasteiger partial charge in [-0.3, -0.25) is 9.59 Å². The van der Waals surface area contributed by atoms with Crippen LogP contribution in [0.2, 0.25) is 0 Å². The molecule has 0 saturated heterocycles. The van der Waals surface area contributed by atoms with Crippen molar-refractivity contribution in [1.82, 2.24) is 5.32 Å². The highest BCUT2D eigenvalue weighted by atomic mass is 16.5. The first kappa shape index (κ1) is 19.6. The van der Waals surface area contributed by atoms with E-state index in [0.717, 1.165) is 21.9 Å². The molecule has 0 aliphatic carbocycles. The van der Waals surface area contributed by atoms with Crippen molar-refractivity contribution in [3.05, 3.63) is 83.9 Å². The summed E-state index contributed by atoms with van der Waals surface area (Å²) in [7, 11) is 0. The summed E-state index contributed by atoms with van der Waals surface area (Å²) in [6, 6.07) is 23.3. The minimum absolute atomic E-state index is 0.195. The lowest BCUT2D eigenvalue weighted by Crippen LogP contribution is -2.36. The Morgan fingerprint density at radius 3 is 2.32 bits per heavy atom. The van der Waals surface area contributed by atoms with E-state index < -0.39 is 11.4 Å². The summed E-state index contributed by atoms with van der Waals surface area (Å²) < 4.78 is 5.30. The molecule has 1 N–H and O–H groups in total. The van der Waals surface area contributed by atoms with Gasteiger partial charge in [-0.15, -0.1) is 0 Å². The molecule has 4 nitrogen and oxygen atoms in total. The largest absolute Gasteiger partial charge is 0.455 e. The van der Waals surface area contributed by atoms with Crippen LogP contribution in [-0.2, 0) is 19.7 Å². The van der Waals surface area contributed by atoms with E-state index in [0.29, 0.717) is 0 Å². The minimum Gasteiger partial charge on any atom is -0.455 e. The van der Waals surface area contributed by atoms with Crippen LogP contribution in [0.3, 0.4) is 0 Å². The van der Waals surface area contributed by atoms with Gasteiger partial charge < -0.3 is 10.1 Å². The average Bonchev–Trinajstić information content (AvgIpc) is 2.72. The SMILES string of the molecule is C[C@H](NC(=O)COC(=O)C(C)(C)c1ccccc1)c1cccc2ccccc12. The number of rotatable bonds is 6. The first-order chi connectivity index (χ1) is 13.4. The van der Waals surface area contributed by atoms with Crippen molar-refractivity contribution in [2.75, 3.05) is 6.61 Å². The van der Waals surface area contributed by atoms with Crippen molar-refractivity contribution in [2.24, 2.45) is 0 Å². The number of hydrogen-bond donors (Lipinski definition) is 1. The van der Waals surface area contributed by atoms with Crippen LogP contribution in [-0.4, -0.2) is 18.5 Å². The average molecular weight is 375 g/mol. The molecule has 1 amide bonds. The van der Waals surface area contributed by atoms with E-state index in [-0.39, 0.29) is 18.6 Å². The van der Waals surface area contributed by atoms with Gasteiger partial charge in [0, 0.05) is 0 Å². The van der Waals surface area contributed by atoms with Crippen LogP contribution in [0, 0.1) is 0 Å². The fourth-order valence-electron chi connectivity index (χ4n) is 3.27. The molecule has 0 radical (unpaired) electrons. The third-order valence-electron chi connectivity index (χ3n) is 5.01. The molecular weight excluding hydrogens is 350 g/mol. The summed E-state index contributed by atoms with van der Waals surface area (Å²) in [5, 5.41) is 5.14. The summed E-state index contributed by atoms with van der Waals surface area (Å²) in [5.41, 5.74) is 1.06. The monoisotopic (exact) mass is 375 g/mol. The standard InChI is InChI=1S/C24H25NO3/c1-17(20-15-9-11-18-10-7-8-14-21(18)20)25-22(26)16-28-23(27)24(2,3)19-12-5-4-6-13-19/h4-15,17H,16H2,1-3H3,(H,25,26)/t17-/m0/s1. The zero-order chi connectivity index (χ0) is 20.1. The van der Waals surface area contributed by atoms with Crippen LogP contribution in [0.25, 0.3) is 10.8 Å². The maximum Gasteiger partial charge on any atom is 0.316 e. The van der Waals surface area contributed by atoms with Crippen molar-refractivity contribution in [3.8, 4) is 0 Å². The quantitative estimate of drug-likeness (QED) is 0.644. The van der Waals surface area contributed by atoms with Gasteiger partial charge in [-0.25, -0.2) is 0 Å². The molecule has 28 heavy (non-hydrogen) atoms. The lowest BCUT2D eigenvalue weighted by atomic mass is 9.85. The van der Waals surface area contributed by atoms with Gasteiger partial charge in [-0.1, -0.05) is 72.8 Å². The van der Waals surface area contributed by atoms with Gasteiger partial charge in [0.2, 0.25) is 0 Å². The Morgan fingerprint density at radius 2 is 1.57 bits per heavy atom. The second kappa shape index (κ2) is 8.26. The molecular formula is C24H25NO3. The molecule has 0 saturated carbocycles. The van der Waals surface area contributed by atoms with Crippen LogP contribution in [0.1, 0.15) is 37.9 Å². The minimum atomic E-state index is -0.817. The zero-order valence-corrected chi connectivity index (χ0v) is 16.4. The van der Waals surface area contributed by atoms with E-state index in [4.69, 9.17) is 4.74 Å². The van der Waals surface area contributed by atoms with Crippen LogP contribution < -0.4 is 5.32 Å². The van der Waals surface area contributed by atoms with Gasteiger partial charge >= 0.3 is 5.97 Å². The van der Waals surface area contributed by atoms with E-state index in [9.17, 15) is 9.59 Å². The molecule has 0 unspecified atom stereocenters. The summed E-state index contributed by atoms with van der Waals surface area (Å²) in [6.07, 6.45) is 0. The number of hydrogen-bond acceptors (Lipinski definition) is 3. The van der Waals surface area contributed by atoms with Crippen LogP contribution in [0.5, 0.6) is 0 Å². The predicted octanol–water partition coefficient (Wildman–Crippen LogP) is 4.54. The Balaban J connectivity index is 1.62. The summed E-state index contributed by atoms with van der Waals surface area (Å²) >= 11 is 0. The van der Waals surface area contributed by atoms with E-state index in [1.807, 2.05) is 79.7 Å². The number of nitrogens with one attached hydrogen (secondary N) is 1. The summed E-state index contributed by atoms with van der Waals surface area (Å²) in [6.45, 7) is 5.21. The molecule has 3 aromatic carbocycles. The lowest BCUT2D eigenvalue weighted by Gasteiger charge is -2.23. The lowest BCUT2D eigenvalue weighted by molar-refractivity contribution is -0.153. The molecule has 0 aliphatic rings. The van der Waals surface area contributed by atoms with E-state index in [1.54, 1.807) is 13.8 Å². The van der Waals surface area contributed by atoms with Crippen molar-refractivity contribution >= 4 is 22.6 Å². The Bertz CT molecular complexity index is 974. The Labute approximate surface area is 165 Å². The molecule has 0 bridgehead atoms. The number of esters is 1. The molecule has 4 heteroatoms. The van der Waals surface area contributed by atoms with Crippen molar-refractivity contribution in [3.63, 3.8) is 0 Å². The third kappa shape index (κ3) is 4.22. The maximum atomic E-state index is 12.5. The van der Waals surface area contributed by atoms with Crippen molar-refractivity contribution in [2.45, 2.75) is 32.2 Å². The Morgan fingerprint density at radius 1 is 0.929 bits per heavy atom. The first-order valence-electron chi connectivity index (χ1n) is 9.39. The Kier molecular flexibility index (Phi) is 5.78. The number of fused-ring (bicyclic) bond motifs is 1. The third-order valence-corrected chi connectivity index (χ3v) is 5.01. The topological polar surface area (TPSA) is 55.4 Å². The van der Waals surface area contributed by atoms with Gasteiger partial charge in [-0.05, 0) is 42.7 Å². The first-order valence-corrected chi connectivity index (χ1v) is 9.39. The molecule has 0 fully saturated rings. The maximum absolute atomic E-state index is 12.5. The fourth-order valence-corrected chi connectivity index (χ4v) is 3.27. The van der Waals surface area contributed by atoms with Gasteiger partial charge in [0.15, 0.2) is 6.61 Å². The molecule has 0 aromatic heterocycles. The van der Waals surface area contributed by atoms with E-state index in [1.165, 1.54) is 0 Å². The van der Waals surface area contributed by atoms with Gasteiger partial charge in [-0.2, -0.15) is 0 Å². The van der Waals surface area contributed by atoms with Crippen LogP contribution in [0.15, 0.2) is 72.8 Å². The number of carbonyl (C=O) groups is 2. The molecule has 3 aromatic rings. The number of benzene rings is 3. The van der Waals surface area contributed by atoms with Gasteiger partial charge in [0.05, 0.1) is 11.5 Å². The molecule has 3 rings (SSSR count). The number of ether oxygens (including phenoxy) is 1. The zero-order valence-electron chi connectivity index (χ0n) is 16.4. The summed E-state index contributed by atoms with van der Waals surface area (Å²) in [5.74, 6) is -0.746. The highest BCUT2D eigenvalue weighted by Gasteiger charge is 2.31. The van der Waals surface area contributed by atoms with Gasteiger partial charge in [0.25, 0.3) is 5.91 Å². The van der Waals surface area contributed by atoms with Crippen molar-refractivity contribution in [1.29, 1.82) is 0 Å². The fraction of sp³-hybridized carbons (Fsp3) is 0.250. The highest BCUT2D eigenvalue weighted by Crippen LogP contribution is 2.25. The molecule has 0 spiro atoms. The normalized spacial score (nSPS) is 12.4. The smallest absolute Gasteiger partial charge is 0.316 e.